The molecule has 7 heteroatoms. The normalized spacial score (nSPS) is 10.8. The quantitative estimate of drug-likeness (QED) is 0.632. The summed E-state index contributed by atoms with van der Waals surface area (Å²) in [7, 11) is 1.30. The van der Waals surface area contributed by atoms with Crippen LogP contribution < -0.4 is 11.3 Å². The molecule has 1 heterocycles. The fourth-order valence-corrected chi connectivity index (χ4v) is 3.45. The van der Waals surface area contributed by atoms with E-state index in [0.717, 1.165) is 11.1 Å². The maximum absolute atomic E-state index is 13.5. The van der Waals surface area contributed by atoms with Crippen molar-refractivity contribution in [2.75, 3.05) is 7.11 Å². The van der Waals surface area contributed by atoms with Gasteiger partial charge in [0.1, 0.15) is 5.82 Å². The van der Waals surface area contributed by atoms with Crippen LogP contribution in [0.5, 0.6) is 0 Å². The molecule has 1 aromatic heterocycles. The molecule has 0 fully saturated rings. The van der Waals surface area contributed by atoms with E-state index >= 15 is 0 Å². The summed E-state index contributed by atoms with van der Waals surface area (Å²) in [5.74, 6) is -0.614. The Labute approximate surface area is 174 Å². The number of esters is 1. The van der Waals surface area contributed by atoms with Crippen LogP contribution in [0.1, 0.15) is 29.9 Å². The number of nitrogens with zero attached hydrogens (tertiary/aromatic N) is 1. The Hall–Kier alpha value is -2.70. The van der Waals surface area contributed by atoms with Crippen molar-refractivity contribution in [2.24, 2.45) is 11.7 Å². The molecule has 2 N–H and O–H groups in total. The minimum Gasteiger partial charge on any atom is -0.465 e. The lowest BCUT2D eigenvalue weighted by molar-refractivity contribution is 0.0601. The number of hydrogen-bond donors (Lipinski definition) is 1. The zero-order chi connectivity index (χ0) is 20.4. The Morgan fingerprint density at radius 2 is 1.79 bits per heavy atom. The molecule has 0 amide bonds. The van der Waals surface area contributed by atoms with Crippen LogP contribution in [-0.4, -0.2) is 17.6 Å². The molecule has 0 saturated heterocycles. The number of hydrogen-bond acceptors (Lipinski definition) is 4. The van der Waals surface area contributed by atoms with Crippen LogP contribution >= 0.6 is 12.4 Å². The van der Waals surface area contributed by atoms with Crippen molar-refractivity contribution in [3.8, 4) is 11.1 Å². The zero-order valence-corrected chi connectivity index (χ0v) is 17.4. The number of aromatic nitrogens is 1. The summed E-state index contributed by atoms with van der Waals surface area (Å²) in [4.78, 5) is 25.2. The molecule has 2 aromatic carbocycles. The molecular formula is C22H24ClFN2O3. The van der Waals surface area contributed by atoms with Gasteiger partial charge in [-0.25, -0.2) is 9.18 Å². The molecule has 3 aromatic rings. The second kappa shape index (κ2) is 9.20. The van der Waals surface area contributed by atoms with Gasteiger partial charge in [-0.15, -0.1) is 12.4 Å². The van der Waals surface area contributed by atoms with Crippen LogP contribution in [0.25, 0.3) is 21.9 Å². The molecule has 3 rings (SSSR count). The lowest BCUT2D eigenvalue weighted by atomic mass is 9.95. The minimum atomic E-state index is -0.493. The van der Waals surface area contributed by atoms with E-state index in [1.165, 1.54) is 19.2 Å². The maximum atomic E-state index is 13.5. The molecule has 0 aliphatic carbocycles. The number of carbonyl (C=O) groups is 1. The van der Waals surface area contributed by atoms with Crippen LogP contribution in [0, 0.1) is 11.7 Å². The fourth-order valence-electron chi connectivity index (χ4n) is 3.45. The van der Waals surface area contributed by atoms with E-state index in [2.05, 4.69) is 0 Å². The Balaban J connectivity index is 0.00000300. The van der Waals surface area contributed by atoms with E-state index < -0.39 is 5.97 Å². The molecular weight excluding hydrogens is 395 g/mol. The number of halogens is 2. The highest BCUT2D eigenvalue weighted by molar-refractivity contribution is 6.02. The van der Waals surface area contributed by atoms with Crippen LogP contribution in [0.2, 0.25) is 0 Å². The number of pyridine rings is 1. The highest BCUT2D eigenvalue weighted by Crippen LogP contribution is 2.32. The molecule has 5 nitrogen and oxygen atoms in total. The van der Waals surface area contributed by atoms with Crippen molar-refractivity contribution in [2.45, 2.75) is 26.9 Å². The van der Waals surface area contributed by atoms with E-state index in [-0.39, 0.29) is 36.2 Å². The van der Waals surface area contributed by atoms with Crippen molar-refractivity contribution in [1.29, 1.82) is 0 Å². The number of carbonyl (C=O) groups excluding carboxylic acids is 1. The van der Waals surface area contributed by atoms with Gasteiger partial charge in [0.2, 0.25) is 0 Å². The third-order valence-electron chi connectivity index (χ3n) is 4.67. The first-order chi connectivity index (χ1) is 13.4. The molecule has 154 valence electrons. The molecule has 0 saturated carbocycles. The van der Waals surface area contributed by atoms with Gasteiger partial charge in [-0.1, -0.05) is 26.0 Å². The first-order valence-corrected chi connectivity index (χ1v) is 9.11. The highest BCUT2D eigenvalue weighted by Gasteiger charge is 2.19. The molecule has 0 spiro atoms. The standard InChI is InChI=1S/C22H23FN2O3.ClH/c1-13(2)12-25-19(11-24)20(14-4-7-16(23)8-5-14)18-10-15(22(27)28-3)6-9-17(18)21(25)26;/h4-10,13H,11-12,24H2,1-3H3;1H. The van der Waals surface area contributed by atoms with Gasteiger partial charge in [-0.3, -0.25) is 4.79 Å². The minimum absolute atomic E-state index is 0. The van der Waals surface area contributed by atoms with Gasteiger partial charge in [0.15, 0.2) is 0 Å². The second-order valence-electron chi connectivity index (χ2n) is 7.09. The molecule has 0 radical (unpaired) electrons. The summed E-state index contributed by atoms with van der Waals surface area (Å²) in [6, 6.07) is 10.9. The largest absolute Gasteiger partial charge is 0.465 e. The van der Waals surface area contributed by atoms with Crippen molar-refractivity contribution in [1.82, 2.24) is 4.57 Å². The molecule has 0 atom stereocenters. The van der Waals surface area contributed by atoms with Crippen LogP contribution in [0.3, 0.4) is 0 Å². The van der Waals surface area contributed by atoms with Gasteiger partial charge in [0.25, 0.3) is 5.56 Å². The average Bonchev–Trinajstić information content (AvgIpc) is 2.69. The molecule has 0 unspecified atom stereocenters. The van der Waals surface area contributed by atoms with E-state index in [1.807, 2.05) is 13.8 Å². The second-order valence-corrected chi connectivity index (χ2v) is 7.09. The first-order valence-electron chi connectivity index (χ1n) is 9.11. The Bertz CT molecular complexity index is 1090. The van der Waals surface area contributed by atoms with Gasteiger partial charge in [0.05, 0.1) is 12.7 Å². The van der Waals surface area contributed by atoms with Crippen molar-refractivity contribution < 1.29 is 13.9 Å². The summed E-state index contributed by atoms with van der Waals surface area (Å²) < 4.78 is 20.0. The number of benzene rings is 2. The number of ether oxygens (including phenoxy) is 1. The predicted molar refractivity (Wildman–Crippen MR) is 115 cm³/mol. The van der Waals surface area contributed by atoms with Gasteiger partial charge in [0, 0.05) is 29.7 Å². The third-order valence-corrected chi connectivity index (χ3v) is 4.67. The molecule has 0 bridgehead atoms. The molecule has 29 heavy (non-hydrogen) atoms. The average molecular weight is 419 g/mol. The summed E-state index contributed by atoms with van der Waals surface area (Å²) >= 11 is 0. The summed E-state index contributed by atoms with van der Waals surface area (Å²) in [6.45, 7) is 4.69. The van der Waals surface area contributed by atoms with Crippen LogP contribution in [0.4, 0.5) is 4.39 Å². The van der Waals surface area contributed by atoms with Gasteiger partial charge >= 0.3 is 5.97 Å². The lowest BCUT2D eigenvalue weighted by Gasteiger charge is -2.21. The summed E-state index contributed by atoms with van der Waals surface area (Å²) in [5.41, 5.74) is 8.33. The van der Waals surface area contributed by atoms with E-state index in [9.17, 15) is 14.0 Å². The Kier molecular flexibility index (Phi) is 7.16. The van der Waals surface area contributed by atoms with Gasteiger partial charge < -0.3 is 15.0 Å². The Morgan fingerprint density at radius 3 is 2.34 bits per heavy atom. The number of fused-ring (bicyclic) bond motifs is 1. The number of methoxy groups -OCH3 is 1. The SMILES string of the molecule is COC(=O)c1ccc2c(=O)n(CC(C)C)c(CN)c(-c3ccc(F)cc3)c2c1.Cl. The first kappa shape index (κ1) is 22.6. The maximum Gasteiger partial charge on any atom is 0.337 e. The highest BCUT2D eigenvalue weighted by atomic mass is 35.5. The zero-order valence-electron chi connectivity index (χ0n) is 16.6. The third kappa shape index (κ3) is 4.33. The predicted octanol–water partition coefficient (Wildman–Crippen LogP) is 4.13. The van der Waals surface area contributed by atoms with Gasteiger partial charge in [-0.2, -0.15) is 0 Å². The smallest absolute Gasteiger partial charge is 0.337 e. The number of rotatable bonds is 5. The lowest BCUT2D eigenvalue weighted by Crippen LogP contribution is -2.28. The molecule has 0 aliphatic rings. The number of nitrogens with two attached hydrogens (primary N) is 1. The summed E-state index contributed by atoms with van der Waals surface area (Å²) in [5, 5.41) is 1.07. The summed E-state index contributed by atoms with van der Waals surface area (Å²) in [6.07, 6.45) is 0. The Morgan fingerprint density at radius 1 is 1.14 bits per heavy atom. The van der Waals surface area contributed by atoms with E-state index in [0.29, 0.717) is 28.6 Å². The van der Waals surface area contributed by atoms with E-state index in [4.69, 9.17) is 10.5 Å². The van der Waals surface area contributed by atoms with Gasteiger partial charge in [-0.05, 0) is 47.2 Å². The van der Waals surface area contributed by atoms with Crippen LogP contribution in [-0.2, 0) is 17.8 Å². The fraction of sp³-hybridized carbons (Fsp3) is 0.273. The van der Waals surface area contributed by atoms with Crippen molar-refractivity contribution >= 4 is 29.1 Å². The van der Waals surface area contributed by atoms with Crippen molar-refractivity contribution in [3.63, 3.8) is 0 Å². The monoisotopic (exact) mass is 418 g/mol. The van der Waals surface area contributed by atoms with Crippen LogP contribution in [0.15, 0.2) is 47.3 Å². The molecule has 0 aliphatic heterocycles. The topological polar surface area (TPSA) is 74.3 Å². The van der Waals surface area contributed by atoms with Crippen molar-refractivity contribution in [3.05, 3.63) is 69.9 Å². The van der Waals surface area contributed by atoms with E-state index in [1.54, 1.807) is 34.9 Å².